The van der Waals surface area contributed by atoms with Gasteiger partial charge in [0, 0.05) is 17.5 Å². The van der Waals surface area contributed by atoms with Gasteiger partial charge < -0.3 is 5.32 Å². The van der Waals surface area contributed by atoms with E-state index in [1.807, 2.05) is 60.7 Å². The van der Waals surface area contributed by atoms with Crippen LogP contribution in [0.3, 0.4) is 0 Å². The average Bonchev–Trinajstić information content (AvgIpc) is 3.33. The van der Waals surface area contributed by atoms with Crippen molar-refractivity contribution < 1.29 is 9.59 Å². The summed E-state index contributed by atoms with van der Waals surface area (Å²) in [6, 6.07) is 19.3. The number of fused-ring (bicyclic) bond motifs is 3. The van der Waals surface area contributed by atoms with Crippen LogP contribution in [0.2, 0.25) is 0 Å². The molecule has 3 aromatic carbocycles. The summed E-state index contributed by atoms with van der Waals surface area (Å²) < 4.78 is 1.78. The number of nitrogens with zero attached hydrogens (tertiary/aromatic N) is 5. The second-order valence-corrected chi connectivity index (χ2v) is 9.70. The third-order valence-electron chi connectivity index (χ3n) is 7.36. The van der Waals surface area contributed by atoms with E-state index in [0.29, 0.717) is 17.1 Å². The van der Waals surface area contributed by atoms with Crippen LogP contribution in [-0.2, 0) is 16.0 Å². The molecular weight excluding hydrogens is 452 g/mol. The smallest absolute Gasteiger partial charge is 0.241 e. The minimum atomic E-state index is -0.312. The molecule has 1 saturated carbocycles. The van der Waals surface area contributed by atoms with E-state index in [1.54, 1.807) is 9.58 Å². The molecule has 0 radical (unpaired) electrons. The first-order chi connectivity index (χ1) is 17.7. The molecule has 1 fully saturated rings. The molecule has 0 bridgehead atoms. The van der Waals surface area contributed by atoms with Crippen LogP contribution in [-0.4, -0.2) is 32.0 Å². The molecule has 182 valence electrons. The van der Waals surface area contributed by atoms with Crippen molar-refractivity contribution in [2.75, 3.05) is 10.2 Å². The van der Waals surface area contributed by atoms with Gasteiger partial charge in [0.1, 0.15) is 6.42 Å². The lowest BCUT2D eigenvalue weighted by atomic mass is 9.86. The van der Waals surface area contributed by atoms with E-state index < -0.39 is 0 Å². The number of aromatic nitrogens is 4. The van der Waals surface area contributed by atoms with Crippen molar-refractivity contribution in [2.45, 2.75) is 51.4 Å². The summed E-state index contributed by atoms with van der Waals surface area (Å²) in [5.74, 6) is 1.02. The molecule has 0 unspecified atom stereocenters. The highest BCUT2D eigenvalue weighted by molar-refractivity contribution is 6.21. The molecule has 2 heterocycles. The Hall–Kier alpha value is -4.07. The predicted octanol–water partition coefficient (Wildman–Crippen LogP) is 5.34. The normalized spacial score (nSPS) is 16.6. The molecule has 1 aliphatic heterocycles. The highest BCUT2D eigenvalue weighted by Gasteiger charge is 2.28. The molecule has 2 aliphatic rings. The van der Waals surface area contributed by atoms with Gasteiger partial charge in [-0.05, 0) is 58.5 Å². The van der Waals surface area contributed by atoms with Gasteiger partial charge in [0.15, 0.2) is 5.82 Å². The van der Waals surface area contributed by atoms with E-state index in [9.17, 15) is 9.59 Å². The maximum absolute atomic E-state index is 13.2. The first-order valence-electron chi connectivity index (χ1n) is 12.7. The van der Waals surface area contributed by atoms with Crippen molar-refractivity contribution in [1.29, 1.82) is 0 Å². The van der Waals surface area contributed by atoms with Gasteiger partial charge in [-0.25, -0.2) is 0 Å². The van der Waals surface area contributed by atoms with Gasteiger partial charge in [-0.3, -0.25) is 14.5 Å². The zero-order valence-corrected chi connectivity index (χ0v) is 20.1. The number of nitrogens with one attached hydrogen (secondary N) is 1. The van der Waals surface area contributed by atoms with Gasteiger partial charge in [0.2, 0.25) is 11.8 Å². The van der Waals surface area contributed by atoms with Gasteiger partial charge >= 0.3 is 0 Å². The molecule has 1 aliphatic carbocycles. The molecule has 6 rings (SSSR count). The molecular formula is C28H28N6O2. The highest BCUT2D eigenvalue weighted by atomic mass is 16.2. The number of hydrogen-bond acceptors (Lipinski definition) is 5. The van der Waals surface area contributed by atoms with Crippen LogP contribution in [0.25, 0.3) is 16.5 Å². The summed E-state index contributed by atoms with van der Waals surface area (Å²) in [4.78, 5) is 27.3. The number of tetrazole rings is 1. The van der Waals surface area contributed by atoms with E-state index in [0.717, 1.165) is 41.0 Å². The average molecular weight is 481 g/mol. The molecule has 8 heteroatoms. The molecule has 2 amide bonds. The maximum atomic E-state index is 13.2. The minimum absolute atomic E-state index is 0.219. The van der Waals surface area contributed by atoms with Crippen LogP contribution in [0.1, 0.15) is 50.8 Å². The third kappa shape index (κ3) is 4.23. The van der Waals surface area contributed by atoms with Crippen molar-refractivity contribution in [3.8, 4) is 5.69 Å². The first kappa shape index (κ1) is 22.4. The number of carbonyl (C=O) groups is 2. The number of hydrogen-bond donors (Lipinski definition) is 1. The maximum Gasteiger partial charge on any atom is 0.241 e. The fourth-order valence-electron chi connectivity index (χ4n) is 5.51. The predicted molar refractivity (Wildman–Crippen MR) is 138 cm³/mol. The number of amides is 2. The lowest BCUT2D eigenvalue weighted by Gasteiger charge is -2.23. The largest absolute Gasteiger partial charge is 0.323 e. The second kappa shape index (κ2) is 9.53. The number of benzene rings is 3. The van der Waals surface area contributed by atoms with Crippen molar-refractivity contribution >= 4 is 39.6 Å². The number of carbonyl (C=O) groups excluding carboxylic acids is 2. The summed E-state index contributed by atoms with van der Waals surface area (Å²) in [5.41, 5.74) is 2.85. The Morgan fingerprint density at radius 3 is 2.50 bits per heavy atom. The Kier molecular flexibility index (Phi) is 5.93. The fourth-order valence-corrected chi connectivity index (χ4v) is 5.51. The Morgan fingerprint density at radius 2 is 1.67 bits per heavy atom. The molecule has 0 atom stereocenters. The Labute approximate surface area is 209 Å². The van der Waals surface area contributed by atoms with Crippen molar-refractivity contribution in [1.82, 2.24) is 20.2 Å². The van der Waals surface area contributed by atoms with Gasteiger partial charge in [0.25, 0.3) is 0 Å². The number of rotatable bonds is 5. The molecule has 8 nitrogen and oxygen atoms in total. The third-order valence-corrected chi connectivity index (χ3v) is 7.36. The Morgan fingerprint density at radius 1 is 0.889 bits per heavy atom. The second-order valence-electron chi connectivity index (χ2n) is 9.70. The molecule has 1 N–H and O–H groups in total. The van der Waals surface area contributed by atoms with Crippen LogP contribution < -0.4 is 10.2 Å². The summed E-state index contributed by atoms with van der Waals surface area (Å²) in [6.45, 7) is 0. The standard InChI is InChI=1S/C28H28N6O2/c35-26-18-27(36)33(24-16-11-20-8-4-5-9-23(20)28(24)29-26)21-12-14-22(15-13-21)34-25(30-31-32-34)17-10-19-6-2-1-3-7-19/h4-5,8-9,11-16,19H,1-3,6-7,10,17-18H2,(H,29,35). The van der Waals surface area contributed by atoms with E-state index in [4.69, 9.17) is 0 Å². The van der Waals surface area contributed by atoms with Gasteiger partial charge in [-0.1, -0.05) is 62.4 Å². The van der Waals surface area contributed by atoms with Crippen LogP contribution >= 0.6 is 0 Å². The van der Waals surface area contributed by atoms with E-state index in [-0.39, 0.29) is 18.2 Å². The van der Waals surface area contributed by atoms with Crippen LogP contribution in [0.4, 0.5) is 17.1 Å². The summed E-state index contributed by atoms with van der Waals surface area (Å²) >= 11 is 0. The van der Waals surface area contributed by atoms with Gasteiger partial charge in [-0.15, -0.1) is 5.10 Å². The lowest BCUT2D eigenvalue weighted by Crippen LogP contribution is -2.26. The van der Waals surface area contributed by atoms with Gasteiger partial charge in [-0.2, -0.15) is 4.68 Å². The molecule has 0 spiro atoms. The number of aryl methyl sites for hydroxylation is 1. The minimum Gasteiger partial charge on any atom is -0.323 e. The van der Waals surface area contributed by atoms with E-state index in [1.165, 1.54) is 32.1 Å². The van der Waals surface area contributed by atoms with Crippen LogP contribution in [0.5, 0.6) is 0 Å². The topological polar surface area (TPSA) is 93.0 Å². The fraction of sp³-hybridized carbons (Fsp3) is 0.321. The molecule has 0 saturated heterocycles. The first-order valence-corrected chi connectivity index (χ1v) is 12.7. The van der Waals surface area contributed by atoms with Gasteiger partial charge in [0.05, 0.1) is 17.1 Å². The van der Waals surface area contributed by atoms with Crippen LogP contribution in [0.15, 0.2) is 60.7 Å². The molecule has 4 aromatic rings. The summed E-state index contributed by atoms with van der Waals surface area (Å²) in [5, 5.41) is 17.3. The van der Waals surface area contributed by atoms with Crippen LogP contribution in [0, 0.1) is 5.92 Å². The molecule has 36 heavy (non-hydrogen) atoms. The Balaban J connectivity index is 1.30. The lowest BCUT2D eigenvalue weighted by molar-refractivity contribution is -0.124. The zero-order chi connectivity index (χ0) is 24.5. The zero-order valence-electron chi connectivity index (χ0n) is 20.1. The highest BCUT2D eigenvalue weighted by Crippen LogP contribution is 2.40. The van der Waals surface area contributed by atoms with E-state index >= 15 is 0 Å². The monoisotopic (exact) mass is 480 g/mol. The van der Waals surface area contributed by atoms with Crippen molar-refractivity contribution in [2.24, 2.45) is 5.92 Å². The Bertz CT molecular complexity index is 1420. The van der Waals surface area contributed by atoms with E-state index in [2.05, 4.69) is 20.8 Å². The van der Waals surface area contributed by atoms with Crippen molar-refractivity contribution in [3.63, 3.8) is 0 Å². The SMILES string of the molecule is O=C1CC(=O)N(c2ccc(-n3nnnc3CCC3CCCCC3)cc2)c2ccc3ccccc3c2N1. The molecule has 1 aromatic heterocycles. The number of anilines is 3. The quantitative estimate of drug-likeness (QED) is 0.390. The summed E-state index contributed by atoms with van der Waals surface area (Å²) in [7, 11) is 0. The van der Waals surface area contributed by atoms with Crippen molar-refractivity contribution in [3.05, 3.63) is 66.5 Å². The summed E-state index contributed by atoms with van der Waals surface area (Å²) in [6.07, 6.45) is 8.33.